The van der Waals surface area contributed by atoms with Gasteiger partial charge in [0.15, 0.2) is 0 Å². The van der Waals surface area contributed by atoms with Crippen LogP contribution in [-0.2, 0) is 15.3 Å². The number of rotatable bonds is 6. The fourth-order valence-electron chi connectivity index (χ4n) is 1.94. The van der Waals surface area contributed by atoms with E-state index in [2.05, 4.69) is 26.6 Å². The molecule has 0 aliphatic carbocycles. The van der Waals surface area contributed by atoms with Gasteiger partial charge in [0.1, 0.15) is 0 Å². The second-order valence-corrected chi connectivity index (χ2v) is 6.73. The smallest absolute Gasteiger partial charge is 0.234 e. The molecular weight excluding hydrogens is 376 g/mol. The summed E-state index contributed by atoms with van der Waals surface area (Å²) in [4.78, 5) is 23.0. The van der Waals surface area contributed by atoms with Crippen LogP contribution in [0.4, 0.5) is 11.4 Å². The molecule has 0 spiro atoms. The van der Waals surface area contributed by atoms with E-state index in [0.29, 0.717) is 17.1 Å². The number of hydrogen-bond donors (Lipinski definition) is 2. The molecule has 2 amide bonds. The fraction of sp³-hybridized carbons (Fsp3) is 0.176. The molecule has 0 unspecified atom stereocenters. The van der Waals surface area contributed by atoms with Gasteiger partial charge in [-0.1, -0.05) is 40.2 Å². The topological polar surface area (TPSA) is 58.2 Å². The third-order valence-corrected chi connectivity index (χ3v) is 4.67. The molecule has 2 aromatic carbocycles. The maximum absolute atomic E-state index is 12.0. The molecule has 0 atom stereocenters. The Morgan fingerprint density at radius 2 is 1.74 bits per heavy atom. The van der Waals surface area contributed by atoms with Gasteiger partial charge >= 0.3 is 0 Å². The van der Waals surface area contributed by atoms with Gasteiger partial charge in [0.25, 0.3) is 0 Å². The van der Waals surface area contributed by atoms with Crippen LogP contribution in [-0.4, -0.2) is 17.6 Å². The number of nitrogens with one attached hydrogen (secondary N) is 2. The average Bonchev–Trinajstić information content (AvgIpc) is 2.49. The molecule has 0 bridgehead atoms. The van der Waals surface area contributed by atoms with E-state index >= 15 is 0 Å². The first-order valence-electron chi connectivity index (χ1n) is 7.03. The van der Waals surface area contributed by atoms with Gasteiger partial charge in [0, 0.05) is 28.5 Å². The number of thioether (sulfide) groups is 1. The summed E-state index contributed by atoms with van der Waals surface area (Å²) in [5, 5.41) is 5.52. The van der Waals surface area contributed by atoms with Crippen LogP contribution in [0, 0.1) is 0 Å². The lowest BCUT2D eigenvalue weighted by Crippen LogP contribution is -2.14. The SMILES string of the molecule is CC(=O)Nc1cccc(NC(=O)CSCc2ccccc2Br)c1. The zero-order valence-corrected chi connectivity index (χ0v) is 15.0. The van der Waals surface area contributed by atoms with Crippen LogP contribution in [0.3, 0.4) is 0 Å². The van der Waals surface area contributed by atoms with Crippen molar-refractivity contribution in [2.75, 3.05) is 16.4 Å². The molecule has 0 radical (unpaired) electrons. The van der Waals surface area contributed by atoms with Crippen LogP contribution in [0.2, 0.25) is 0 Å². The van der Waals surface area contributed by atoms with Crippen molar-refractivity contribution in [3.8, 4) is 0 Å². The number of benzene rings is 2. The van der Waals surface area contributed by atoms with Gasteiger partial charge in [0.05, 0.1) is 5.75 Å². The molecule has 0 saturated carbocycles. The third-order valence-electron chi connectivity index (χ3n) is 2.92. The first kappa shape index (κ1) is 17.6. The van der Waals surface area contributed by atoms with Crippen molar-refractivity contribution in [3.05, 3.63) is 58.6 Å². The van der Waals surface area contributed by atoms with Crippen LogP contribution in [0.15, 0.2) is 53.0 Å². The summed E-state index contributed by atoms with van der Waals surface area (Å²) in [5.41, 5.74) is 2.50. The van der Waals surface area contributed by atoms with Crippen molar-refractivity contribution in [1.29, 1.82) is 0 Å². The molecule has 0 aliphatic rings. The highest BCUT2D eigenvalue weighted by Gasteiger charge is 2.05. The van der Waals surface area contributed by atoms with E-state index in [1.54, 1.807) is 36.0 Å². The Morgan fingerprint density at radius 1 is 1.04 bits per heavy atom. The molecule has 2 rings (SSSR count). The molecule has 2 aromatic rings. The lowest BCUT2D eigenvalue weighted by Gasteiger charge is -2.08. The molecule has 120 valence electrons. The zero-order valence-electron chi connectivity index (χ0n) is 12.6. The number of anilines is 2. The van der Waals surface area contributed by atoms with Crippen molar-refractivity contribution in [3.63, 3.8) is 0 Å². The monoisotopic (exact) mass is 392 g/mol. The second kappa shape index (κ2) is 8.74. The zero-order chi connectivity index (χ0) is 16.7. The van der Waals surface area contributed by atoms with E-state index in [1.807, 2.05) is 24.3 Å². The minimum Gasteiger partial charge on any atom is -0.326 e. The van der Waals surface area contributed by atoms with Crippen LogP contribution < -0.4 is 10.6 Å². The van der Waals surface area contributed by atoms with Gasteiger partial charge in [-0.25, -0.2) is 0 Å². The van der Waals surface area contributed by atoms with Crippen molar-refractivity contribution in [1.82, 2.24) is 0 Å². The predicted octanol–water partition coefficient (Wildman–Crippen LogP) is 4.28. The standard InChI is InChI=1S/C17H17BrN2O2S/c1-12(21)19-14-6-4-7-15(9-14)20-17(22)11-23-10-13-5-2-3-8-16(13)18/h2-9H,10-11H2,1H3,(H,19,21)(H,20,22). The number of carbonyl (C=O) groups is 2. The minimum absolute atomic E-state index is 0.0676. The highest BCUT2D eigenvalue weighted by Crippen LogP contribution is 2.21. The molecule has 0 aliphatic heterocycles. The molecule has 0 aromatic heterocycles. The van der Waals surface area contributed by atoms with Gasteiger partial charge in [0.2, 0.25) is 11.8 Å². The predicted molar refractivity (Wildman–Crippen MR) is 99.7 cm³/mol. The van der Waals surface area contributed by atoms with Gasteiger partial charge in [-0.2, -0.15) is 0 Å². The Labute approximate surface area is 148 Å². The van der Waals surface area contributed by atoms with E-state index in [-0.39, 0.29) is 11.8 Å². The lowest BCUT2D eigenvalue weighted by molar-refractivity contribution is -0.114. The Bertz CT molecular complexity index is 706. The minimum atomic E-state index is -0.141. The summed E-state index contributed by atoms with van der Waals surface area (Å²) >= 11 is 5.05. The van der Waals surface area contributed by atoms with Crippen molar-refractivity contribution < 1.29 is 9.59 Å². The quantitative estimate of drug-likeness (QED) is 0.770. The van der Waals surface area contributed by atoms with Gasteiger partial charge in [-0.15, -0.1) is 11.8 Å². The van der Waals surface area contributed by atoms with Gasteiger partial charge in [-0.3, -0.25) is 9.59 Å². The summed E-state index contributed by atoms with van der Waals surface area (Å²) in [6.45, 7) is 1.45. The van der Waals surface area contributed by atoms with Crippen LogP contribution in [0.25, 0.3) is 0 Å². The van der Waals surface area contributed by atoms with Gasteiger partial charge < -0.3 is 10.6 Å². The molecule has 0 fully saturated rings. The number of hydrogen-bond acceptors (Lipinski definition) is 3. The highest BCUT2D eigenvalue weighted by molar-refractivity contribution is 9.10. The van der Waals surface area contributed by atoms with E-state index < -0.39 is 0 Å². The lowest BCUT2D eigenvalue weighted by atomic mass is 10.2. The molecule has 2 N–H and O–H groups in total. The Morgan fingerprint density at radius 3 is 2.43 bits per heavy atom. The Hall–Kier alpha value is -1.79. The van der Waals surface area contributed by atoms with E-state index in [4.69, 9.17) is 0 Å². The Kier molecular flexibility index (Phi) is 6.67. The Balaban J connectivity index is 1.83. The summed E-state index contributed by atoms with van der Waals surface area (Å²) in [5.74, 6) is 0.923. The molecule has 0 heterocycles. The summed E-state index contributed by atoms with van der Waals surface area (Å²) in [6.07, 6.45) is 0. The largest absolute Gasteiger partial charge is 0.326 e. The molecule has 6 heteroatoms. The fourth-order valence-corrected chi connectivity index (χ4v) is 3.39. The van der Waals surface area contributed by atoms with Crippen LogP contribution in [0.1, 0.15) is 12.5 Å². The van der Waals surface area contributed by atoms with E-state index in [0.717, 1.165) is 15.8 Å². The second-order valence-electron chi connectivity index (χ2n) is 4.89. The summed E-state index contributed by atoms with van der Waals surface area (Å²) in [6, 6.07) is 15.1. The molecule has 23 heavy (non-hydrogen) atoms. The molecule has 0 saturated heterocycles. The summed E-state index contributed by atoms with van der Waals surface area (Å²) < 4.78 is 1.05. The maximum Gasteiger partial charge on any atom is 0.234 e. The van der Waals surface area contributed by atoms with Crippen molar-refractivity contribution >= 4 is 50.9 Å². The van der Waals surface area contributed by atoms with Crippen LogP contribution in [0.5, 0.6) is 0 Å². The van der Waals surface area contributed by atoms with Crippen molar-refractivity contribution in [2.45, 2.75) is 12.7 Å². The van der Waals surface area contributed by atoms with Crippen molar-refractivity contribution in [2.24, 2.45) is 0 Å². The molecular formula is C17H17BrN2O2S. The van der Waals surface area contributed by atoms with E-state index in [9.17, 15) is 9.59 Å². The highest BCUT2D eigenvalue weighted by atomic mass is 79.9. The first-order valence-corrected chi connectivity index (χ1v) is 8.98. The summed E-state index contributed by atoms with van der Waals surface area (Å²) in [7, 11) is 0. The third kappa shape index (κ3) is 6.08. The molecule has 4 nitrogen and oxygen atoms in total. The number of carbonyl (C=O) groups excluding carboxylic acids is 2. The average molecular weight is 393 g/mol. The number of halogens is 1. The van der Waals surface area contributed by atoms with E-state index in [1.165, 1.54) is 6.92 Å². The maximum atomic E-state index is 12.0. The number of amides is 2. The normalized spacial score (nSPS) is 10.2. The first-order chi connectivity index (χ1) is 11.0. The van der Waals surface area contributed by atoms with Crippen LogP contribution >= 0.6 is 27.7 Å². The van der Waals surface area contributed by atoms with Gasteiger partial charge in [-0.05, 0) is 29.8 Å².